The van der Waals surface area contributed by atoms with Crippen LogP contribution in [0.5, 0.6) is 0 Å². The molecule has 0 radical (unpaired) electrons. The van der Waals surface area contributed by atoms with Crippen molar-refractivity contribution in [1.29, 1.82) is 0 Å². The average Bonchev–Trinajstić information content (AvgIpc) is 2.71. The molecule has 1 aromatic heterocycles. The Kier molecular flexibility index (Phi) is 4.24. The second-order valence-corrected chi connectivity index (χ2v) is 4.97. The van der Waals surface area contributed by atoms with Gasteiger partial charge in [-0.2, -0.15) is 5.10 Å². The van der Waals surface area contributed by atoms with Crippen molar-refractivity contribution in [1.82, 2.24) is 19.6 Å². The summed E-state index contributed by atoms with van der Waals surface area (Å²) < 4.78 is 1.73. The van der Waals surface area contributed by atoms with Gasteiger partial charge in [0.1, 0.15) is 0 Å². The molecule has 0 N–H and O–H groups in total. The second-order valence-electron chi connectivity index (χ2n) is 4.59. The third kappa shape index (κ3) is 2.67. The van der Waals surface area contributed by atoms with E-state index in [2.05, 4.69) is 10.00 Å². The first kappa shape index (κ1) is 13.4. The van der Waals surface area contributed by atoms with Gasteiger partial charge in [0.05, 0.1) is 11.8 Å². The molecule has 6 heteroatoms. The maximum absolute atomic E-state index is 12.3. The fourth-order valence-electron chi connectivity index (χ4n) is 2.17. The summed E-state index contributed by atoms with van der Waals surface area (Å²) in [5.74, 6) is 0.737. The number of hydrogen-bond donors (Lipinski definition) is 0. The number of hydrogen-bond acceptors (Lipinski definition) is 3. The Morgan fingerprint density at radius 2 is 2.06 bits per heavy atom. The molecule has 1 fully saturated rings. The Hall–Kier alpha value is -1.07. The monoisotopic (exact) mass is 270 g/mol. The van der Waals surface area contributed by atoms with Crippen molar-refractivity contribution in [2.45, 2.75) is 6.92 Å². The zero-order valence-corrected chi connectivity index (χ0v) is 11.7. The average molecular weight is 271 g/mol. The second kappa shape index (κ2) is 5.71. The smallest absolute Gasteiger partial charge is 0.257 e. The fourth-order valence-corrected chi connectivity index (χ4v) is 2.41. The van der Waals surface area contributed by atoms with E-state index in [9.17, 15) is 4.79 Å². The van der Waals surface area contributed by atoms with Gasteiger partial charge < -0.3 is 4.90 Å². The lowest BCUT2D eigenvalue weighted by atomic mass is 10.2. The summed E-state index contributed by atoms with van der Waals surface area (Å²) in [5, 5.41) is 4.12. The number of aromatic nitrogens is 2. The van der Waals surface area contributed by atoms with Crippen molar-refractivity contribution in [3.05, 3.63) is 17.5 Å². The van der Waals surface area contributed by atoms with E-state index in [-0.39, 0.29) is 5.91 Å². The van der Waals surface area contributed by atoms with E-state index in [1.165, 1.54) is 0 Å². The highest BCUT2D eigenvalue weighted by molar-refractivity contribution is 6.18. The van der Waals surface area contributed by atoms with E-state index in [0.717, 1.165) is 38.4 Å². The number of carbonyl (C=O) groups is 1. The number of alkyl halides is 1. The van der Waals surface area contributed by atoms with Crippen LogP contribution in [0.25, 0.3) is 0 Å². The van der Waals surface area contributed by atoms with Gasteiger partial charge in [-0.3, -0.25) is 14.4 Å². The molecule has 0 saturated carbocycles. The molecule has 5 nitrogen and oxygen atoms in total. The molecule has 0 bridgehead atoms. The van der Waals surface area contributed by atoms with Crippen molar-refractivity contribution in [2.75, 3.05) is 38.6 Å². The van der Waals surface area contributed by atoms with Crippen molar-refractivity contribution in [3.8, 4) is 0 Å². The van der Waals surface area contributed by atoms with E-state index in [1.807, 2.05) is 18.9 Å². The van der Waals surface area contributed by atoms with Crippen molar-refractivity contribution in [3.63, 3.8) is 0 Å². The molecule has 2 heterocycles. The zero-order chi connectivity index (χ0) is 13.1. The molecule has 0 atom stereocenters. The molecule has 1 aliphatic heterocycles. The van der Waals surface area contributed by atoms with Gasteiger partial charge in [-0.25, -0.2) is 0 Å². The predicted octanol–water partition coefficient (Wildman–Crippen LogP) is 0.725. The van der Waals surface area contributed by atoms with Gasteiger partial charge in [-0.15, -0.1) is 11.6 Å². The van der Waals surface area contributed by atoms with Crippen LogP contribution in [0.15, 0.2) is 6.20 Å². The normalized spacial score (nSPS) is 17.2. The quantitative estimate of drug-likeness (QED) is 0.761. The van der Waals surface area contributed by atoms with Crippen LogP contribution in [0.1, 0.15) is 16.1 Å². The highest BCUT2D eigenvalue weighted by Crippen LogP contribution is 2.12. The molecule has 0 aliphatic carbocycles. The zero-order valence-electron chi connectivity index (χ0n) is 10.9. The summed E-state index contributed by atoms with van der Waals surface area (Å²) in [6.45, 7) is 6.16. The van der Waals surface area contributed by atoms with E-state index in [1.54, 1.807) is 10.9 Å². The largest absolute Gasteiger partial charge is 0.336 e. The number of aryl methyl sites for hydroxylation is 1. The molecule has 1 aromatic rings. The lowest BCUT2D eigenvalue weighted by Gasteiger charge is -2.34. The van der Waals surface area contributed by atoms with Gasteiger partial charge in [0, 0.05) is 51.3 Å². The van der Waals surface area contributed by atoms with E-state index >= 15 is 0 Å². The van der Waals surface area contributed by atoms with Gasteiger partial charge in [-0.1, -0.05) is 0 Å². The summed E-state index contributed by atoms with van der Waals surface area (Å²) in [7, 11) is 1.85. The van der Waals surface area contributed by atoms with Gasteiger partial charge in [0.25, 0.3) is 5.91 Å². The molecule has 1 amide bonds. The number of piperazine rings is 1. The minimum Gasteiger partial charge on any atom is -0.336 e. The Bertz CT molecular complexity index is 424. The van der Waals surface area contributed by atoms with Crippen LogP contribution in [-0.4, -0.2) is 64.1 Å². The molecule has 0 unspecified atom stereocenters. The molecule has 0 spiro atoms. The minimum absolute atomic E-state index is 0.0890. The Morgan fingerprint density at radius 3 is 2.56 bits per heavy atom. The van der Waals surface area contributed by atoms with E-state index in [4.69, 9.17) is 11.6 Å². The van der Waals surface area contributed by atoms with Crippen LogP contribution < -0.4 is 0 Å². The van der Waals surface area contributed by atoms with Gasteiger partial charge in [0.15, 0.2) is 0 Å². The molecular weight excluding hydrogens is 252 g/mol. The first-order valence-electron chi connectivity index (χ1n) is 6.19. The summed E-state index contributed by atoms with van der Waals surface area (Å²) in [4.78, 5) is 16.5. The SMILES string of the molecule is Cc1c(C(=O)N2CCN(CCCl)CC2)cnn1C. The Labute approximate surface area is 112 Å². The van der Waals surface area contributed by atoms with Crippen LogP contribution in [0.4, 0.5) is 0 Å². The number of rotatable bonds is 3. The Balaban J connectivity index is 1.97. The van der Waals surface area contributed by atoms with Crippen molar-refractivity contribution >= 4 is 17.5 Å². The first-order valence-corrected chi connectivity index (χ1v) is 6.73. The highest BCUT2D eigenvalue weighted by atomic mass is 35.5. The van der Waals surface area contributed by atoms with Crippen LogP contribution in [-0.2, 0) is 7.05 Å². The van der Waals surface area contributed by atoms with Gasteiger partial charge >= 0.3 is 0 Å². The standard InChI is InChI=1S/C12H19ClN4O/c1-10-11(9-14-15(10)2)12(18)17-7-5-16(4-3-13)6-8-17/h9H,3-8H2,1-2H3. The number of nitrogens with zero attached hydrogens (tertiary/aromatic N) is 4. The van der Waals surface area contributed by atoms with Crippen LogP contribution in [0, 0.1) is 6.92 Å². The number of halogens is 1. The molecule has 1 aliphatic rings. The predicted molar refractivity (Wildman–Crippen MR) is 71.0 cm³/mol. The van der Waals surface area contributed by atoms with Gasteiger partial charge in [-0.05, 0) is 6.92 Å². The summed E-state index contributed by atoms with van der Waals surface area (Å²) in [6.07, 6.45) is 1.66. The first-order chi connectivity index (χ1) is 8.63. The summed E-state index contributed by atoms with van der Waals surface area (Å²) in [5.41, 5.74) is 1.63. The molecule has 2 rings (SSSR count). The third-order valence-corrected chi connectivity index (χ3v) is 3.69. The summed E-state index contributed by atoms with van der Waals surface area (Å²) >= 11 is 5.72. The molecular formula is C12H19ClN4O. The molecule has 100 valence electrons. The third-order valence-electron chi connectivity index (χ3n) is 3.53. The lowest BCUT2D eigenvalue weighted by Crippen LogP contribution is -2.49. The fraction of sp³-hybridized carbons (Fsp3) is 0.667. The maximum Gasteiger partial charge on any atom is 0.257 e. The van der Waals surface area contributed by atoms with Gasteiger partial charge in [0.2, 0.25) is 0 Å². The lowest BCUT2D eigenvalue weighted by molar-refractivity contribution is 0.0643. The van der Waals surface area contributed by atoms with Crippen molar-refractivity contribution in [2.24, 2.45) is 7.05 Å². The van der Waals surface area contributed by atoms with E-state index in [0.29, 0.717) is 11.4 Å². The molecule has 0 aromatic carbocycles. The number of amides is 1. The van der Waals surface area contributed by atoms with E-state index < -0.39 is 0 Å². The molecule has 18 heavy (non-hydrogen) atoms. The Morgan fingerprint density at radius 1 is 1.39 bits per heavy atom. The maximum atomic E-state index is 12.3. The highest BCUT2D eigenvalue weighted by Gasteiger charge is 2.24. The van der Waals surface area contributed by atoms with Crippen LogP contribution in [0.3, 0.4) is 0 Å². The molecule has 1 saturated heterocycles. The van der Waals surface area contributed by atoms with Crippen molar-refractivity contribution < 1.29 is 4.79 Å². The summed E-state index contributed by atoms with van der Waals surface area (Å²) in [6, 6.07) is 0. The topological polar surface area (TPSA) is 41.4 Å². The number of carbonyl (C=O) groups excluding carboxylic acids is 1. The van der Waals surface area contributed by atoms with Crippen LogP contribution >= 0.6 is 11.6 Å². The van der Waals surface area contributed by atoms with Crippen LogP contribution in [0.2, 0.25) is 0 Å². The minimum atomic E-state index is 0.0890.